The predicted octanol–water partition coefficient (Wildman–Crippen LogP) is 0.699. The summed E-state index contributed by atoms with van der Waals surface area (Å²) in [5, 5.41) is 10.6. The molecule has 0 saturated carbocycles. The highest BCUT2D eigenvalue weighted by Gasteiger charge is 1.94. The summed E-state index contributed by atoms with van der Waals surface area (Å²) in [6.07, 6.45) is 0. The lowest BCUT2D eigenvalue weighted by Crippen LogP contribution is -1.92. The fraction of sp³-hybridized carbons (Fsp3) is 0.333. The summed E-state index contributed by atoms with van der Waals surface area (Å²) >= 11 is 1.54. The van der Waals surface area contributed by atoms with Gasteiger partial charge in [0.2, 0.25) is 0 Å². The molecule has 3 heteroatoms. The van der Waals surface area contributed by atoms with Crippen molar-refractivity contribution in [2.24, 2.45) is 5.73 Å². The van der Waals surface area contributed by atoms with Crippen molar-refractivity contribution in [3.05, 3.63) is 21.9 Å². The minimum absolute atomic E-state index is 0.130. The standard InChI is InChI=1S/C6H9NOS/c7-2-5-1-6(3-8)9-4-5/h1,4,8H,2-3,7H2. The van der Waals surface area contributed by atoms with Gasteiger partial charge in [0, 0.05) is 11.4 Å². The molecule has 1 aromatic rings. The van der Waals surface area contributed by atoms with Crippen molar-refractivity contribution >= 4 is 11.3 Å². The molecule has 0 atom stereocenters. The first-order valence-electron chi connectivity index (χ1n) is 2.74. The quantitative estimate of drug-likeness (QED) is 0.640. The summed E-state index contributed by atoms with van der Waals surface area (Å²) in [7, 11) is 0. The second-order valence-electron chi connectivity index (χ2n) is 1.78. The average molecular weight is 143 g/mol. The Morgan fingerprint density at radius 3 is 2.78 bits per heavy atom. The number of rotatable bonds is 2. The maximum Gasteiger partial charge on any atom is 0.0774 e. The van der Waals surface area contributed by atoms with Gasteiger partial charge < -0.3 is 10.8 Å². The molecule has 0 aliphatic heterocycles. The first-order chi connectivity index (χ1) is 4.36. The lowest BCUT2D eigenvalue weighted by molar-refractivity contribution is 0.285. The number of aliphatic hydroxyl groups excluding tert-OH is 1. The van der Waals surface area contributed by atoms with Crippen LogP contribution in [-0.4, -0.2) is 5.11 Å². The SMILES string of the molecule is NCc1csc(CO)c1. The number of aliphatic hydroxyl groups is 1. The highest BCUT2D eigenvalue weighted by molar-refractivity contribution is 7.10. The molecule has 9 heavy (non-hydrogen) atoms. The van der Waals surface area contributed by atoms with E-state index in [1.54, 1.807) is 11.3 Å². The van der Waals surface area contributed by atoms with Crippen LogP contribution in [0.4, 0.5) is 0 Å². The first kappa shape index (κ1) is 6.74. The van der Waals surface area contributed by atoms with Crippen LogP contribution in [0.1, 0.15) is 10.4 Å². The topological polar surface area (TPSA) is 46.2 Å². The Labute approximate surface area is 57.9 Å². The van der Waals surface area contributed by atoms with Gasteiger partial charge in [0.25, 0.3) is 0 Å². The highest BCUT2D eigenvalue weighted by Crippen LogP contribution is 2.13. The molecular formula is C6H9NOS. The Balaban J connectivity index is 2.74. The highest BCUT2D eigenvalue weighted by atomic mass is 32.1. The molecule has 1 heterocycles. The van der Waals surface area contributed by atoms with Gasteiger partial charge in [0.05, 0.1) is 6.61 Å². The zero-order chi connectivity index (χ0) is 6.69. The molecule has 0 amide bonds. The molecule has 50 valence electrons. The molecule has 0 aliphatic carbocycles. The largest absolute Gasteiger partial charge is 0.391 e. The van der Waals surface area contributed by atoms with Crippen LogP contribution >= 0.6 is 11.3 Å². The van der Waals surface area contributed by atoms with E-state index in [0.717, 1.165) is 10.4 Å². The lowest BCUT2D eigenvalue weighted by atomic mass is 10.3. The van der Waals surface area contributed by atoms with Gasteiger partial charge in [0.15, 0.2) is 0 Å². The zero-order valence-corrected chi connectivity index (χ0v) is 5.82. The molecule has 1 rings (SSSR count). The minimum atomic E-state index is 0.130. The fourth-order valence-corrected chi connectivity index (χ4v) is 1.38. The Hall–Kier alpha value is -0.380. The van der Waals surface area contributed by atoms with Gasteiger partial charge in [-0.05, 0) is 17.0 Å². The van der Waals surface area contributed by atoms with Gasteiger partial charge in [-0.2, -0.15) is 0 Å². The van der Waals surface area contributed by atoms with Crippen molar-refractivity contribution in [1.82, 2.24) is 0 Å². The van der Waals surface area contributed by atoms with Crippen LogP contribution in [-0.2, 0) is 13.2 Å². The maximum absolute atomic E-state index is 8.62. The Morgan fingerprint density at radius 2 is 2.44 bits per heavy atom. The summed E-state index contributed by atoms with van der Waals surface area (Å²) < 4.78 is 0. The van der Waals surface area contributed by atoms with Gasteiger partial charge in [-0.3, -0.25) is 0 Å². The van der Waals surface area contributed by atoms with Crippen LogP contribution < -0.4 is 5.73 Å². The van der Waals surface area contributed by atoms with Crippen LogP contribution in [0.3, 0.4) is 0 Å². The molecule has 0 spiro atoms. The van der Waals surface area contributed by atoms with Crippen molar-refractivity contribution < 1.29 is 5.11 Å². The normalized spacial score (nSPS) is 10.0. The van der Waals surface area contributed by atoms with Crippen LogP contribution in [0.2, 0.25) is 0 Å². The van der Waals surface area contributed by atoms with Gasteiger partial charge in [0.1, 0.15) is 0 Å². The summed E-state index contributed by atoms with van der Waals surface area (Å²) in [4.78, 5) is 0.982. The zero-order valence-electron chi connectivity index (χ0n) is 5.00. The van der Waals surface area contributed by atoms with Crippen molar-refractivity contribution in [3.63, 3.8) is 0 Å². The van der Waals surface area contributed by atoms with Crippen LogP contribution in [0.15, 0.2) is 11.4 Å². The number of nitrogens with two attached hydrogens (primary N) is 1. The summed E-state index contributed by atoms with van der Waals surface area (Å²) in [6, 6.07) is 1.92. The third-order valence-corrected chi connectivity index (χ3v) is 2.07. The molecule has 0 unspecified atom stereocenters. The maximum atomic E-state index is 8.62. The van der Waals surface area contributed by atoms with Gasteiger partial charge in [-0.25, -0.2) is 0 Å². The molecule has 0 radical (unpaired) electrons. The smallest absolute Gasteiger partial charge is 0.0774 e. The lowest BCUT2D eigenvalue weighted by Gasteiger charge is -1.83. The van der Waals surface area contributed by atoms with E-state index >= 15 is 0 Å². The van der Waals surface area contributed by atoms with Gasteiger partial charge in [-0.15, -0.1) is 11.3 Å². The van der Waals surface area contributed by atoms with Crippen molar-refractivity contribution in [3.8, 4) is 0 Å². The van der Waals surface area contributed by atoms with Crippen LogP contribution in [0.5, 0.6) is 0 Å². The minimum Gasteiger partial charge on any atom is -0.391 e. The first-order valence-corrected chi connectivity index (χ1v) is 3.62. The van der Waals surface area contributed by atoms with Crippen LogP contribution in [0.25, 0.3) is 0 Å². The second kappa shape index (κ2) is 2.96. The van der Waals surface area contributed by atoms with E-state index in [2.05, 4.69) is 0 Å². The van der Waals surface area contributed by atoms with Gasteiger partial charge in [-0.1, -0.05) is 0 Å². The number of hydrogen-bond acceptors (Lipinski definition) is 3. The number of thiophene rings is 1. The van der Waals surface area contributed by atoms with Crippen LogP contribution in [0, 0.1) is 0 Å². The molecule has 0 saturated heterocycles. The van der Waals surface area contributed by atoms with E-state index in [1.807, 2.05) is 11.4 Å². The van der Waals surface area contributed by atoms with Gasteiger partial charge >= 0.3 is 0 Å². The Bertz CT molecular complexity index is 166. The third kappa shape index (κ3) is 1.51. The number of hydrogen-bond donors (Lipinski definition) is 2. The molecular weight excluding hydrogens is 134 g/mol. The summed E-state index contributed by atoms with van der Waals surface area (Å²) in [6.45, 7) is 0.696. The van der Waals surface area contributed by atoms with E-state index in [9.17, 15) is 0 Å². The molecule has 0 fully saturated rings. The van der Waals surface area contributed by atoms with E-state index < -0.39 is 0 Å². The molecule has 0 bridgehead atoms. The monoisotopic (exact) mass is 143 g/mol. The average Bonchev–Trinajstić information content (AvgIpc) is 2.34. The Kier molecular flexibility index (Phi) is 2.22. The van der Waals surface area contributed by atoms with E-state index in [0.29, 0.717) is 6.54 Å². The van der Waals surface area contributed by atoms with Crippen molar-refractivity contribution in [2.45, 2.75) is 13.2 Å². The molecule has 0 aliphatic rings. The second-order valence-corrected chi connectivity index (χ2v) is 2.78. The summed E-state index contributed by atoms with van der Waals surface area (Å²) in [5.41, 5.74) is 6.44. The Morgan fingerprint density at radius 1 is 1.67 bits per heavy atom. The predicted molar refractivity (Wildman–Crippen MR) is 38.1 cm³/mol. The summed E-state index contributed by atoms with van der Waals surface area (Å²) in [5.74, 6) is 0. The molecule has 3 N–H and O–H groups in total. The van der Waals surface area contributed by atoms with E-state index in [4.69, 9.17) is 10.8 Å². The van der Waals surface area contributed by atoms with Crippen molar-refractivity contribution in [2.75, 3.05) is 0 Å². The van der Waals surface area contributed by atoms with Crippen molar-refractivity contribution in [1.29, 1.82) is 0 Å². The molecule has 1 aromatic heterocycles. The van der Waals surface area contributed by atoms with E-state index in [-0.39, 0.29) is 6.61 Å². The third-order valence-electron chi connectivity index (χ3n) is 1.10. The molecule has 2 nitrogen and oxygen atoms in total. The fourth-order valence-electron chi connectivity index (χ4n) is 0.616. The molecule has 0 aromatic carbocycles. The van der Waals surface area contributed by atoms with E-state index in [1.165, 1.54) is 0 Å².